The van der Waals surface area contributed by atoms with Crippen molar-refractivity contribution in [3.63, 3.8) is 0 Å². The van der Waals surface area contributed by atoms with Gasteiger partial charge in [-0.2, -0.15) is 13.2 Å². The molecule has 2 aromatic rings. The summed E-state index contributed by atoms with van der Waals surface area (Å²) < 4.78 is 44.9. The second-order valence-electron chi connectivity index (χ2n) is 6.29. The number of ether oxygens (including phenoxy) is 1. The average molecular weight is 350 g/mol. The minimum absolute atomic E-state index is 0.125. The van der Waals surface area contributed by atoms with Crippen LogP contribution in [0.3, 0.4) is 0 Å². The van der Waals surface area contributed by atoms with E-state index in [1.807, 2.05) is 0 Å². The van der Waals surface area contributed by atoms with Gasteiger partial charge < -0.3 is 9.64 Å². The number of amides is 1. The Morgan fingerprint density at radius 1 is 1.12 bits per heavy atom. The van der Waals surface area contributed by atoms with Gasteiger partial charge in [0.05, 0.1) is 11.0 Å². The van der Waals surface area contributed by atoms with Crippen molar-refractivity contribution in [1.29, 1.82) is 0 Å². The first kappa shape index (κ1) is 17.3. The number of carbonyl (C=O) groups excluding carboxylic acids is 1. The number of pyridine rings is 1. The first-order valence-electron chi connectivity index (χ1n) is 7.76. The number of alkyl halides is 3. The van der Waals surface area contributed by atoms with Gasteiger partial charge in [0, 0.05) is 26.4 Å². The van der Waals surface area contributed by atoms with Gasteiger partial charge in [-0.25, -0.2) is 4.98 Å². The number of hydrogen-bond donors (Lipinski definition) is 0. The first-order chi connectivity index (χ1) is 11.7. The molecule has 1 aliphatic carbocycles. The van der Waals surface area contributed by atoms with Gasteiger partial charge in [-0.1, -0.05) is 12.1 Å². The molecule has 4 nitrogen and oxygen atoms in total. The van der Waals surface area contributed by atoms with E-state index in [9.17, 15) is 18.0 Å². The standard InChI is InChI=1S/C18H17F3N2O2/c1-23(2)16(24)12-3-8-15(22-11-12)25-14-6-4-13(5-7-14)17(9-10-17)18(19,20)21/h3-8,11H,9-10H2,1-2H3. The van der Waals surface area contributed by atoms with E-state index >= 15 is 0 Å². The van der Waals surface area contributed by atoms with Crippen LogP contribution in [0.1, 0.15) is 28.8 Å². The normalized spacial score (nSPS) is 15.6. The van der Waals surface area contributed by atoms with Crippen molar-refractivity contribution in [3.05, 3.63) is 53.7 Å². The Morgan fingerprint density at radius 2 is 1.76 bits per heavy atom. The lowest BCUT2D eigenvalue weighted by Crippen LogP contribution is -2.28. The van der Waals surface area contributed by atoms with Gasteiger partial charge in [0.25, 0.3) is 5.91 Å². The fraction of sp³-hybridized carbons (Fsp3) is 0.333. The largest absolute Gasteiger partial charge is 0.439 e. The Kier molecular flexibility index (Phi) is 4.18. The van der Waals surface area contributed by atoms with Gasteiger partial charge in [-0.05, 0) is 36.6 Å². The molecule has 0 bridgehead atoms. The van der Waals surface area contributed by atoms with E-state index in [-0.39, 0.29) is 30.2 Å². The highest BCUT2D eigenvalue weighted by atomic mass is 19.4. The van der Waals surface area contributed by atoms with Crippen molar-refractivity contribution in [2.75, 3.05) is 14.1 Å². The molecule has 7 heteroatoms. The Bertz CT molecular complexity index is 764. The van der Waals surface area contributed by atoms with Gasteiger partial charge in [0.2, 0.25) is 5.88 Å². The van der Waals surface area contributed by atoms with Crippen LogP contribution in [0.4, 0.5) is 13.2 Å². The van der Waals surface area contributed by atoms with E-state index in [1.165, 1.54) is 35.4 Å². The van der Waals surface area contributed by atoms with Crippen molar-refractivity contribution in [1.82, 2.24) is 9.88 Å². The molecule has 1 saturated carbocycles. The number of halogens is 3. The molecule has 3 rings (SSSR count). The van der Waals surface area contributed by atoms with Crippen LogP contribution in [0.5, 0.6) is 11.6 Å². The van der Waals surface area contributed by atoms with Crippen LogP contribution < -0.4 is 4.74 Å². The summed E-state index contributed by atoms with van der Waals surface area (Å²) in [7, 11) is 3.28. The zero-order chi connectivity index (χ0) is 18.2. The molecule has 1 aliphatic rings. The summed E-state index contributed by atoms with van der Waals surface area (Å²) in [5, 5.41) is 0. The van der Waals surface area contributed by atoms with Crippen LogP contribution in [0, 0.1) is 0 Å². The van der Waals surface area contributed by atoms with Crippen molar-refractivity contribution < 1.29 is 22.7 Å². The smallest absolute Gasteiger partial charge is 0.398 e. The lowest BCUT2D eigenvalue weighted by Gasteiger charge is -2.19. The number of benzene rings is 1. The Hall–Kier alpha value is -2.57. The van der Waals surface area contributed by atoms with Gasteiger partial charge in [-0.3, -0.25) is 4.79 Å². The topological polar surface area (TPSA) is 42.4 Å². The number of carbonyl (C=O) groups is 1. The van der Waals surface area contributed by atoms with E-state index in [1.54, 1.807) is 26.2 Å². The number of aromatic nitrogens is 1. The molecule has 1 heterocycles. The number of nitrogens with zero attached hydrogens (tertiary/aromatic N) is 2. The highest BCUT2D eigenvalue weighted by Crippen LogP contribution is 2.58. The van der Waals surface area contributed by atoms with Crippen LogP contribution in [0.15, 0.2) is 42.6 Å². The lowest BCUT2D eigenvalue weighted by atomic mass is 9.95. The summed E-state index contributed by atoms with van der Waals surface area (Å²) in [4.78, 5) is 17.3. The second-order valence-corrected chi connectivity index (χ2v) is 6.29. The molecule has 1 amide bonds. The van der Waals surface area contributed by atoms with Crippen molar-refractivity contribution >= 4 is 5.91 Å². The number of hydrogen-bond acceptors (Lipinski definition) is 3. The molecule has 0 radical (unpaired) electrons. The third kappa shape index (κ3) is 3.31. The molecule has 0 N–H and O–H groups in total. The molecule has 1 aromatic heterocycles. The quantitative estimate of drug-likeness (QED) is 0.831. The molecule has 132 valence electrons. The van der Waals surface area contributed by atoms with Crippen molar-refractivity contribution in [2.24, 2.45) is 0 Å². The average Bonchev–Trinajstić information content (AvgIpc) is 3.37. The predicted molar refractivity (Wildman–Crippen MR) is 85.7 cm³/mol. The van der Waals surface area contributed by atoms with Gasteiger partial charge in [0.15, 0.2) is 0 Å². The third-order valence-corrected chi connectivity index (χ3v) is 4.31. The minimum Gasteiger partial charge on any atom is -0.439 e. The summed E-state index contributed by atoms with van der Waals surface area (Å²) in [6.07, 6.45) is -2.58. The van der Waals surface area contributed by atoms with Crippen molar-refractivity contribution in [3.8, 4) is 11.6 Å². The van der Waals surface area contributed by atoms with Gasteiger partial charge >= 0.3 is 6.18 Å². The van der Waals surface area contributed by atoms with E-state index in [2.05, 4.69) is 4.98 Å². The summed E-state index contributed by atoms with van der Waals surface area (Å²) in [5.74, 6) is 0.478. The monoisotopic (exact) mass is 350 g/mol. The van der Waals surface area contributed by atoms with E-state index < -0.39 is 11.6 Å². The SMILES string of the molecule is CN(C)C(=O)c1ccc(Oc2ccc(C3(C(F)(F)F)CC3)cc2)nc1. The molecule has 1 fully saturated rings. The molecule has 0 saturated heterocycles. The minimum atomic E-state index is -4.23. The molecule has 0 aliphatic heterocycles. The fourth-order valence-corrected chi connectivity index (χ4v) is 2.65. The van der Waals surface area contributed by atoms with Gasteiger partial charge in [0.1, 0.15) is 5.75 Å². The van der Waals surface area contributed by atoms with Crippen LogP contribution in [-0.4, -0.2) is 36.1 Å². The summed E-state index contributed by atoms with van der Waals surface area (Å²) >= 11 is 0. The Labute approximate surface area is 143 Å². The highest BCUT2D eigenvalue weighted by Gasteiger charge is 2.64. The van der Waals surface area contributed by atoms with Crippen LogP contribution in [0.25, 0.3) is 0 Å². The molecule has 1 aromatic carbocycles. The fourth-order valence-electron chi connectivity index (χ4n) is 2.65. The maximum absolute atomic E-state index is 13.1. The summed E-state index contributed by atoms with van der Waals surface area (Å²) in [6.45, 7) is 0. The molecule has 0 unspecified atom stereocenters. The zero-order valence-electron chi connectivity index (χ0n) is 13.8. The van der Waals surface area contributed by atoms with Gasteiger partial charge in [-0.15, -0.1) is 0 Å². The van der Waals surface area contributed by atoms with Crippen LogP contribution in [-0.2, 0) is 5.41 Å². The van der Waals surface area contributed by atoms with E-state index in [4.69, 9.17) is 4.74 Å². The van der Waals surface area contributed by atoms with Crippen LogP contribution in [0.2, 0.25) is 0 Å². The molecule has 25 heavy (non-hydrogen) atoms. The Morgan fingerprint density at radius 3 is 2.20 bits per heavy atom. The van der Waals surface area contributed by atoms with Crippen molar-refractivity contribution in [2.45, 2.75) is 24.4 Å². The summed E-state index contributed by atoms with van der Waals surface area (Å²) in [5.41, 5.74) is -1.02. The highest BCUT2D eigenvalue weighted by molar-refractivity contribution is 5.93. The third-order valence-electron chi connectivity index (χ3n) is 4.31. The maximum atomic E-state index is 13.1. The van der Waals surface area contributed by atoms with Crippen LogP contribution >= 0.6 is 0 Å². The molecular formula is C18H17F3N2O2. The molecule has 0 atom stereocenters. The van der Waals surface area contributed by atoms with E-state index in [0.717, 1.165) is 0 Å². The molecular weight excluding hydrogens is 333 g/mol. The second kappa shape index (κ2) is 6.06. The van der Waals surface area contributed by atoms with E-state index in [0.29, 0.717) is 11.3 Å². The first-order valence-corrected chi connectivity index (χ1v) is 7.76. The maximum Gasteiger partial charge on any atom is 0.398 e. The predicted octanol–water partition coefficient (Wildman–Crippen LogP) is 4.17. The molecule has 0 spiro atoms. The Balaban J connectivity index is 1.71. The summed E-state index contributed by atoms with van der Waals surface area (Å²) in [6, 6.07) is 9.02. The lowest BCUT2D eigenvalue weighted by molar-refractivity contribution is -0.160. The zero-order valence-corrected chi connectivity index (χ0v) is 13.8. The number of rotatable bonds is 4.